The molecule has 0 aliphatic rings. The Morgan fingerprint density at radius 1 is 0.560 bits per heavy atom. The van der Waals surface area contributed by atoms with Gasteiger partial charge in [-0.3, -0.25) is 9.11 Å². The molecule has 50 heavy (non-hydrogen) atoms. The second-order valence-electron chi connectivity index (χ2n) is 10.7. The maximum absolute atomic E-state index is 14.4. The zero-order valence-electron chi connectivity index (χ0n) is 25.8. The van der Waals surface area contributed by atoms with Gasteiger partial charge in [0, 0.05) is 4.57 Å². The Kier molecular flexibility index (Phi) is 13.4. The molecule has 2 N–H and O–H groups in total. The molecule has 268 valence electrons. The third-order valence-electron chi connectivity index (χ3n) is 6.98. The molecule has 0 aliphatic carbocycles. The normalized spacial score (nSPS) is 13.4. The standard InChI is InChI=1S/C32H29F4O11PS2/c33-23-7-11-25(12-8-23)44-27-15-17-29(35)21(19-27)3-1-5-31(49(38,39)40)46-48(37)47-32(50(41,42)43)6-2-4-22-20-28(16-18-30(22)36)45-26-13-9-24(34)10-14-26/h7-20,31-32H,1-6H2,(H-,38,39,40,41,42,43)/p+1. The van der Waals surface area contributed by atoms with Crippen LogP contribution >= 0.6 is 8.25 Å². The first kappa shape index (κ1) is 38.8. The first-order valence-electron chi connectivity index (χ1n) is 14.7. The highest BCUT2D eigenvalue weighted by atomic mass is 32.2. The minimum Gasteiger partial charge on any atom is -0.457 e. The Labute approximate surface area is 286 Å². The molecule has 0 saturated carbocycles. The van der Waals surface area contributed by atoms with E-state index >= 15 is 0 Å². The predicted octanol–water partition coefficient (Wildman–Crippen LogP) is 8.29. The average Bonchev–Trinajstić information content (AvgIpc) is 3.04. The fourth-order valence-electron chi connectivity index (χ4n) is 4.54. The Bertz CT molecular complexity index is 1850. The van der Waals surface area contributed by atoms with E-state index in [-0.39, 0.29) is 59.8 Å². The van der Waals surface area contributed by atoms with Crippen LogP contribution in [0.2, 0.25) is 0 Å². The second kappa shape index (κ2) is 17.3. The van der Waals surface area contributed by atoms with Crippen LogP contribution in [-0.4, -0.2) is 36.8 Å². The molecule has 0 bridgehead atoms. The molecular weight excluding hydrogens is 731 g/mol. The summed E-state index contributed by atoms with van der Waals surface area (Å²) in [5.41, 5.74) is -4.22. The van der Waals surface area contributed by atoms with Gasteiger partial charge < -0.3 is 9.47 Å². The highest BCUT2D eigenvalue weighted by molar-refractivity contribution is 7.86. The van der Waals surface area contributed by atoms with Crippen LogP contribution in [0.5, 0.6) is 23.0 Å². The fourth-order valence-corrected chi connectivity index (χ4v) is 7.40. The summed E-state index contributed by atoms with van der Waals surface area (Å²) in [5, 5.41) is 0. The average molecular weight is 762 g/mol. The van der Waals surface area contributed by atoms with Crippen LogP contribution in [0.4, 0.5) is 17.6 Å². The Hall–Kier alpha value is -3.96. The van der Waals surface area contributed by atoms with Crippen LogP contribution in [0.1, 0.15) is 36.8 Å². The maximum Gasteiger partial charge on any atom is 0.700 e. The Morgan fingerprint density at radius 2 is 0.900 bits per heavy atom. The van der Waals surface area contributed by atoms with Crippen molar-refractivity contribution in [3.8, 4) is 23.0 Å². The largest absolute Gasteiger partial charge is 0.700 e. The number of aryl methyl sites for hydroxylation is 2. The summed E-state index contributed by atoms with van der Waals surface area (Å²) in [6.45, 7) is 0. The SMILES string of the molecule is O=[P+](OC(CCCc1cc(Oc2ccc(F)cc2)ccc1F)S(=O)(=O)O)OC(CCCc1cc(Oc2ccc(F)cc2)ccc1F)S(=O)(=O)O. The molecule has 0 fully saturated rings. The molecule has 18 heteroatoms. The molecule has 11 nitrogen and oxygen atoms in total. The fraction of sp³-hybridized carbons (Fsp3) is 0.250. The van der Waals surface area contributed by atoms with Crippen molar-refractivity contribution in [1.29, 1.82) is 0 Å². The van der Waals surface area contributed by atoms with Crippen molar-refractivity contribution >= 4 is 28.5 Å². The number of ether oxygens (including phenoxy) is 2. The lowest BCUT2D eigenvalue weighted by Crippen LogP contribution is -2.25. The van der Waals surface area contributed by atoms with Crippen LogP contribution in [0.15, 0.2) is 84.9 Å². The predicted molar refractivity (Wildman–Crippen MR) is 172 cm³/mol. The molecule has 0 radical (unpaired) electrons. The van der Waals surface area contributed by atoms with Gasteiger partial charge in [-0.25, -0.2) is 17.6 Å². The summed E-state index contributed by atoms with van der Waals surface area (Å²) in [7, 11) is -13.7. The van der Waals surface area contributed by atoms with Crippen molar-refractivity contribution in [2.45, 2.75) is 49.4 Å². The van der Waals surface area contributed by atoms with Gasteiger partial charge in [0.05, 0.1) is 0 Å². The van der Waals surface area contributed by atoms with Gasteiger partial charge in [-0.2, -0.15) is 16.8 Å². The van der Waals surface area contributed by atoms with E-state index in [1.807, 2.05) is 0 Å². The van der Waals surface area contributed by atoms with Crippen LogP contribution in [0, 0.1) is 23.3 Å². The topological polar surface area (TPSA) is 163 Å². The third kappa shape index (κ3) is 12.1. The summed E-state index contributed by atoms with van der Waals surface area (Å²) in [6, 6.07) is 17.6. The quantitative estimate of drug-likeness (QED) is 0.0570. The highest BCUT2D eigenvalue weighted by Crippen LogP contribution is 2.35. The van der Waals surface area contributed by atoms with Crippen LogP contribution in [-0.2, 0) is 46.7 Å². The lowest BCUT2D eigenvalue weighted by molar-refractivity contribution is 0.170. The van der Waals surface area contributed by atoms with E-state index in [4.69, 9.17) is 18.5 Å². The molecule has 0 spiro atoms. The van der Waals surface area contributed by atoms with E-state index in [9.17, 15) is 48.1 Å². The first-order chi connectivity index (χ1) is 23.6. The molecule has 0 amide bonds. The number of halogens is 4. The molecule has 2 unspecified atom stereocenters. The summed E-state index contributed by atoms with van der Waals surface area (Å²) >= 11 is 0. The van der Waals surface area contributed by atoms with Gasteiger partial charge in [-0.05, 0) is 135 Å². The molecule has 0 aliphatic heterocycles. The van der Waals surface area contributed by atoms with Gasteiger partial charge in [0.1, 0.15) is 46.3 Å². The zero-order valence-corrected chi connectivity index (χ0v) is 28.4. The minimum atomic E-state index is -5.05. The highest BCUT2D eigenvalue weighted by Gasteiger charge is 2.41. The molecule has 4 aromatic carbocycles. The Balaban J connectivity index is 1.33. The van der Waals surface area contributed by atoms with Crippen LogP contribution < -0.4 is 9.47 Å². The monoisotopic (exact) mass is 761 g/mol. The lowest BCUT2D eigenvalue weighted by Gasteiger charge is -2.12. The summed E-state index contributed by atoms with van der Waals surface area (Å²) in [4.78, 5) is 0. The molecule has 2 atom stereocenters. The van der Waals surface area contributed by atoms with Crippen molar-refractivity contribution in [1.82, 2.24) is 0 Å². The van der Waals surface area contributed by atoms with Crippen LogP contribution in [0.3, 0.4) is 0 Å². The lowest BCUT2D eigenvalue weighted by atomic mass is 10.1. The van der Waals surface area contributed by atoms with E-state index in [2.05, 4.69) is 0 Å². The minimum absolute atomic E-state index is 0.0785. The number of hydrogen-bond acceptors (Lipinski definition) is 9. The second-order valence-corrected chi connectivity index (χ2v) is 14.7. The number of rotatable bonds is 18. The van der Waals surface area contributed by atoms with Crippen molar-refractivity contribution in [3.05, 3.63) is 119 Å². The summed E-state index contributed by atoms with van der Waals surface area (Å²) in [5.74, 6) is -1.39. The van der Waals surface area contributed by atoms with Crippen molar-refractivity contribution in [2.75, 3.05) is 0 Å². The molecule has 0 aromatic heterocycles. The van der Waals surface area contributed by atoms with Crippen molar-refractivity contribution in [2.24, 2.45) is 0 Å². The van der Waals surface area contributed by atoms with Crippen molar-refractivity contribution < 1.29 is 66.6 Å². The van der Waals surface area contributed by atoms with E-state index < -0.39 is 75.5 Å². The molecule has 4 aromatic rings. The van der Waals surface area contributed by atoms with Gasteiger partial charge in [0.15, 0.2) is 0 Å². The van der Waals surface area contributed by atoms with Crippen LogP contribution in [0.25, 0.3) is 0 Å². The van der Waals surface area contributed by atoms with E-state index in [0.717, 1.165) is 36.4 Å². The van der Waals surface area contributed by atoms with E-state index in [1.165, 1.54) is 48.5 Å². The molecule has 4 rings (SSSR count). The van der Waals surface area contributed by atoms with Crippen molar-refractivity contribution in [3.63, 3.8) is 0 Å². The summed E-state index contributed by atoms with van der Waals surface area (Å²) in [6.07, 6.45) is -1.61. The summed E-state index contributed by atoms with van der Waals surface area (Å²) < 4.78 is 156. The molecule has 0 saturated heterocycles. The smallest absolute Gasteiger partial charge is 0.457 e. The van der Waals surface area contributed by atoms with E-state index in [0.29, 0.717) is 0 Å². The number of hydrogen-bond donors (Lipinski definition) is 2. The maximum atomic E-state index is 14.4. The van der Waals surface area contributed by atoms with Gasteiger partial charge in [0.2, 0.25) is 10.9 Å². The third-order valence-corrected chi connectivity index (χ3v) is 10.1. The molecular formula is C32H30F4O11PS2+. The first-order valence-corrected chi connectivity index (χ1v) is 18.8. The van der Waals surface area contributed by atoms with Gasteiger partial charge in [-0.15, -0.1) is 0 Å². The molecule has 0 heterocycles. The van der Waals surface area contributed by atoms with E-state index in [1.54, 1.807) is 0 Å². The zero-order chi connectivity index (χ0) is 36.5. The van der Waals surface area contributed by atoms with Gasteiger partial charge >= 0.3 is 8.25 Å². The number of benzene rings is 4. The Morgan fingerprint density at radius 3 is 1.24 bits per heavy atom. The van der Waals surface area contributed by atoms with Gasteiger partial charge in [0.25, 0.3) is 20.2 Å². The van der Waals surface area contributed by atoms with Gasteiger partial charge in [-0.1, -0.05) is 9.05 Å².